The Labute approximate surface area is 141 Å². The van der Waals surface area contributed by atoms with Crippen molar-refractivity contribution in [1.82, 2.24) is 0 Å². The monoisotopic (exact) mass is 349 g/mol. The molecule has 0 bridgehead atoms. The van der Waals surface area contributed by atoms with Gasteiger partial charge in [0.1, 0.15) is 0 Å². The predicted octanol–water partition coefficient (Wildman–Crippen LogP) is 4.01. The van der Waals surface area contributed by atoms with Crippen LogP contribution in [-0.2, 0) is 4.79 Å². The van der Waals surface area contributed by atoms with E-state index in [0.29, 0.717) is 10.7 Å². The lowest BCUT2D eigenvalue weighted by molar-refractivity contribution is -0.384. The molecule has 6 nitrogen and oxygen atoms in total. The molecular formula is C15H12ClN3O3S. The van der Waals surface area contributed by atoms with E-state index in [-0.39, 0.29) is 17.2 Å². The summed E-state index contributed by atoms with van der Waals surface area (Å²) in [4.78, 5) is 22.7. The zero-order chi connectivity index (χ0) is 16.7. The highest BCUT2D eigenvalue weighted by Crippen LogP contribution is 2.20. The third-order valence-corrected chi connectivity index (χ3v) is 3.96. The Morgan fingerprint density at radius 2 is 1.87 bits per heavy atom. The number of carbonyl (C=O) groups excluding carboxylic acids is 1. The number of nitrogens with one attached hydrogen (secondary N) is 1. The summed E-state index contributed by atoms with van der Waals surface area (Å²) in [5.41, 5.74) is 3.20. The molecule has 8 heteroatoms. The fraction of sp³-hybridized carbons (Fsp3) is 0.0667. The Balaban J connectivity index is 1.79. The molecular weight excluding hydrogens is 338 g/mol. The maximum absolute atomic E-state index is 11.7. The van der Waals surface area contributed by atoms with Gasteiger partial charge < -0.3 is 0 Å². The Kier molecular flexibility index (Phi) is 6.13. The molecule has 0 spiro atoms. The van der Waals surface area contributed by atoms with Crippen LogP contribution < -0.4 is 5.43 Å². The lowest BCUT2D eigenvalue weighted by Crippen LogP contribution is -2.04. The van der Waals surface area contributed by atoms with E-state index in [2.05, 4.69) is 10.5 Å². The number of rotatable bonds is 7. The van der Waals surface area contributed by atoms with Gasteiger partial charge in [0.15, 0.2) is 5.78 Å². The zero-order valence-electron chi connectivity index (χ0n) is 11.8. The zero-order valence-corrected chi connectivity index (χ0v) is 13.4. The summed E-state index contributed by atoms with van der Waals surface area (Å²) in [6, 6.07) is 13.0. The van der Waals surface area contributed by atoms with Crippen LogP contribution in [0.1, 0.15) is 0 Å². The normalized spacial score (nSPS) is 10.7. The second-order valence-corrected chi connectivity index (χ2v) is 5.87. The van der Waals surface area contributed by atoms with Crippen molar-refractivity contribution in [3.05, 3.63) is 63.7 Å². The summed E-state index contributed by atoms with van der Waals surface area (Å²) < 4.78 is 0. The number of Topliss-reactive ketones (excluding diaryl/α,β-unsaturated/α-hetero) is 1. The second-order valence-electron chi connectivity index (χ2n) is 4.38. The highest BCUT2D eigenvalue weighted by Gasteiger charge is 2.03. The third-order valence-electron chi connectivity index (χ3n) is 2.68. The van der Waals surface area contributed by atoms with Gasteiger partial charge in [-0.15, -0.1) is 11.8 Å². The van der Waals surface area contributed by atoms with Crippen molar-refractivity contribution >= 4 is 46.7 Å². The predicted molar refractivity (Wildman–Crippen MR) is 92.4 cm³/mol. The van der Waals surface area contributed by atoms with E-state index in [1.807, 2.05) is 12.1 Å². The van der Waals surface area contributed by atoms with E-state index in [9.17, 15) is 14.9 Å². The number of hydrazone groups is 1. The summed E-state index contributed by atoms with van der Waals surface area (Å²) in [6.07, 6.45) is 1.18. The number of thioether (sulfide) groups is 1. The maximum atomic E-state index is 11.7. The number of nitrogens with zero attached hydrogens (tertiary/aromatic N) is 2. The Hall–Kier alpha value is -2.38. The summed E-state index contributed by atoms with van der Waals surface area (Å²) in [6.45, 7) is 0. The minimum absolute atomic E-state index is 0.00466. The number of nitro benzene ring substituents is 1. The molecule has 0 amide bonds. The van der Waals surface area contributed by atoms with Crippen LogP contribution in [0.3, 0.4) is 0 Å². The van der Waals surface area contributed by atoms with Gasteiger partial charge in [0, 0.05) is 22.1 Å². The summed E-state index contributed by atoms with van der Waals surface area (Å²) in [7, 11) is 0. The lowest BCUT2D eigenvalue weighted by atomic mass is 10.3. The molecule has 2 aromatic rings. The maximum Gasteiger partial charge on any atom is 0.269 e. The molecule has 0 fully saturated rings. The molecule has 1 N–H and O–H groups in total. The van der Waals surface area contributed by atoms with Gasteiger partial charge in [-0.1, -0.05) is 11.6 Å². The number of halogens is 1. The molecule has 0 aromatic heterocycles. The van der Waals surface area contributed by atoms with Gasteiger partial charge >= 0.3 is 0 Å². The van der Waals surface area contributed by atoms with Crippen molar-refractivity contribution in [2.75, 3.05) is 11.2 Å². The van der Waals surface area contributed by atoms with Crippen LogP contribution in [0.15, 0.2) is 58.5 Å². The Bertz CT molecular complexity index is 718. The van der Waals surface area contributed by atoms with Crippen LogP contribution in [0.25, 0.3) is 0 Å². The standard InChI is InChI=1S/C15H12ClN3O3S/c16-11-1-7-15(8-2-11)23-10-14(20)9-17-18-12-3-5-13(6-4-12)19(21)22/h1-9,18H,10H2. The van der Waals surface area contributed by atoms with E-state index in [1.165, 1.54) is 42.2 Å². The molecule has 23 heavy (non-hydrogen) atoms. The third kappa shape index (κ3) is 5.72. The SMILES string of the molecule is O=C(C=NNc1ccc([N+](=O)[O-])cc1)CSc1ccc(Cl)cc1. The van der Waals surface area contributed by atoms with Crippen LogP contribution in [0, 0.1) is 10.1 Å². The molecule has 0 radical (unpaired) electrons. The average molecular weight is 350 g/mol. The van der Waals surface area contributed by atoms with Crippen molar-refractivity contribution in [1.29, 1.82) is 0 Å². The van der Waals surface area contributed by atoms with E-state index in [0.717, 1.165) is 4.90 Å². The Morgan fingerprint density at radius 3 is 2.48 bits per heavy atom. The quantitative estimate of drug-likeness (QED) is 0.353. The number of ketones is 1. The number of anilines is 1. The van der Waals surface area contributed by atoms with E-state index < -0.39 is 4.92 Å². The summed E-state index contributed by atoms with van der Waals surface area (Å²) >= 11 is 7.17. The van der Waals surface area contributed by atoms with Gasteiger partial charge in [-0.2, -0.15) is 5.10 Å². The van der Waals surface area contributed by atoms with Crippen LogP contribution >= 0.6 is 23.4 Å². The van der Waals surface area contributed by atoms with Crippen molar-refractivity contribution in [3.8, 4) is 0 Å². The summed E-state index contributed by atoms with van der Waals surface area (Å²) in [5, 5.41) is 15.0. The van der Waals surface area contributed by atoms with Crippen LogP contribution in [-0.4, -0.2) is 22.7 Å². The number of hydrogen-bond donors (Lipinski definition) is 1. The first-order valence-electron chi connectivity index (χ1n) is 6.49. The molecule has 0 aliphatic carbocycles. The molecule has 0 aliphatic heterocycles. The lowest BCUT2D eigenvalue weighted by Gasteiger charge is -2.00. The molecule has 0 saturated heterocycles. The molecule has 0 aliphatic rings. The minimum Gasteiger partial charge on any atom is -0.292 e. The number of benzene rings is 2. The van der Waals surface area contributed by atoms with Gasteiger partial charge in [0.05, 0.1) is 22.6 Å². The molecule has 0 atom stereocenters. The van der Waals surface area contributed by atoms with Crippen molar-refractivity contribution in [2.45, 2.75) is 4.90 Å². The average Bonchev–Trinajstić information content (AvgIpc) is 2.55. The fourth-order valence-electron chi connectivity index (χ4n) is 1.56. The number of non-ortho nitro benzene ring substituents is 1. The fourth-order valence-corrected chi connectivity index (χ4v) is 2.40. The second kappa shape index (κ2) is 8.30. The highest BCUT2D eigenvalue weighted by molar-refractivity contribution is 8.00. The van der Waals surface area contributed by atoms with Gasteiger partial charge in [0.2, 0.25) is 0 Å². The van der Waals surface area contributed by atoms with Crippen LogP contribution in [0.2, 0.25) is 5.02 Å². The smallest absolute Gasteiger partial charge is 0.269 e. The highest BCUT2D eigenvalue weighted by atomic mass is 35.5. The van der Waals surface area contributed by atoms with Crippen molar-refractivity contribution in [2.24, 2.45) is 5.10 Å². The molecule has 118 valence electrons. The van der Waals surface area contributed by atoms with E-state index in [1.54, 1.807) is 12.1 Å². The first-order chi connectivity index (χ1) is 11.0. The van der Waals surface area contributed by atoms with Crippen LogP contribution in [0.5, 0.6) is 0 Å². The summed E-state index contributed by atoms with van der Waals surface area (Å²) in [5.74, 6) is 0.104. The van der Waals surface area contributed by atoms with Crippen LogP contribution in [0.4, 0.5) is 11.4 Å². The molecule has 0 saturated carbocycles. The number of carbonyl (C=O) groups is 1. The van der Waals surface area contributed by atoms with Gasteiger partial charge in [-0.25, -0.2) is 0 Å². The van der Waals surface area contributed by atoms with Gasteiger partial charge in [-0.05, 0) is 36.4 Å². The van der Waals surface area contributed by atoms with Gasteiger partial charge in [-0.3, -0.25) is 20.3 Å². The largest absolute Gasteiger partial charge is 0.292 e. The molecule has 0 heterocycles. The van der Waals surface area contributed by atoms with E-state index >= 15 is 0 Å². The number of hydrogen-bond acceptors (Lipinski definition) is 6. The molecule has 2 rings (SSSR count). The topological polar surface area (TPSA) is 84.6 Å². The van der Waals surface area contributed by atoms with Crippen molar-refractivity contribution in [3.63, 3.8) is 0 Å². The van der Waals surface area contributed by atoms with E-state index in [4.69, 9.17) is 11.6 Å². The van der Waals surface area contributed by atoms with Gasteiger partial charge in [0.25, 0.3) is 5.69 Å². The first kappa shape index (κ1) is 17.0. The Morgan fingerprint density at radius 1 is 1.22 bits per heavy atom. The first-order valence-corrected chi connectivity index (χ1v) is 7.85. The molecule has 2 aromatic carbocycles. The minimum atomic E-state index is -0.482. The van der Waals surface area contributed by atoms with Crippen molar-refractivity contribution < 1.29 is 9.72 Å². The molecule has 0 unspecified atom stereocenters. The number of nitro groups is 1.